The van der Waals surface area contributed by atoms with Crippen LogP contribution in [0.15, 0.2) is 77.7 Å². The Kier molecular flexibility index (Phi) is 7.96. The molecule has 0 bridgehead atoms. The minimum absolute atomic E-state index is 0.0478. The van der Waals surface area contributed by atoms with Crippen molar-refractivity contribution in [2.24, 2.45) is 0 Å². The number of hydrazine groups is 1. The van der Waals surface area contributed by atoms with Gasteiger partial charge < -0.3 is 9.47 Å². The van der Waals surface area contributed by atoms with Gasteiger partial charge in [-0.3, -0.25) is 5.01 Å². The summed E-state index contributed by atoms with van der Waals surface area (Å²) in [6.45, 7) is 3.95. The van der Waals surface area contributed by atoms with E-state index in [0.29, 0.717) is 11.3 Å². The zero-order valence-electron chi connectivity index (χ0n) is 20.8. The molecular weight excluding hydrogens is 476 g/mol. The zero-order chi connectivity index (χ0) is 25.7. The van der Waals surface area contributed by atoms with Gasteiger partial charge in [0, 0.05) is 5.92 Å². The maximum Gasteiger partial charge on any atom is 0.338 e. The predicted octanol–water partition coefficient (Wildman–Crippen LogP) is 5.22. The number of para-hydroxylation sites is 1. The number of methoxy groups -OCH3 is 1. The number of carbonyl (C=O) groups is 1. The highest BCUT2D eigenvalue weighted by atomic mass is 32.2. The van der Waals surface area contributed by atoms with Crippen molar-refractivity contribution in [2.45, 2.75) is 50.0 Å². The van der Waals surface area contributed by atoms with Crippen molar-refractivity contribution < 1.29 is 22.7 Å². The molecule has 0 unspecified atom stereocenters. The van der Waals surface area contributed by atoms with Crippen LogP contribution in [0.5, 0.6) is 5.75 Å². The van der Waals surface area contributed by atoms with Crippen molar-refractivity contribution in [2.75, 3.05) is 18.7 Å². The van der Waals surface area contributed by atoms with Crippen LogP contribution >= 0.6 is 0 Å². The summed E-state index contributed by atoms with van der Waals surface area (Å²) < 4.78 is 37.6. The van der Waals surface area contributed by atoms with E-state index in [9.17, 15) is 13.2 Å². The largest absolute Gasteiger partial charge is 0.496 e. The molecule has 0 saturated heterocycles. The van der Waals surface area contributed by atoms with Crippen LogP contribution in [0.2, 0.25) is 0 Å². The van der Waals surface area contributed by atoms with E-state index >= 15 is 0 Å². The Bertz CT molecular complexity index is 1290. The van der Waals surface area contributed by atoms with Crippen LogP contribution < -0.4 is 14.6 Å². The summed E-state index contributed by atoms with van der Waals surface area (Å²) in [6, 6.07) is 21.3. The topological polar surface area (TPSA) is 84.9 Å². The number of esters is 1. The second kappa shape index (κ2) is 11.1. The van der Waals surface area contributed by atoms with E-state index in [4.69, 9.17) is 9.47 Å². The number of nitrogens with one attached hydrogen (secondary N) is 1. The first-order chi connectivity index (χ1) is 17.3. The third-order valence-corrected chi connectivity index (χ3v) is 7.89. The molecule has 0 aliphatic heterocycles. The van der Waals surface area contributed by atoms with Crippen molar-refractivity contribution in [3.05, 3.63) is 89.5 Å². The van der Waals surface area contributed by atoms with Gasteiger partial charge in [-0.2, -0.15) is 0 Å². The van der Waals surface area contributed by atoms with Gasteiger partial charge in [-0.05, 0) is 74.7 Å². The molecule has 1 N–H and O–H groups in total. The summed E-state index contributed by atoms with van der Waals surface area (Å²) >= 11 is 0. The molecule has 1 aliphatic carbocycles. The van der Waals surface area contributed by atoms with Gasteiger partial charge in [0.2, 0.25) is 0 Å². The lowest BCUT2D eigenvalue weighted by molar-refractivity contribution is 0.0526. The van der Waals surface area contributed by atoms with E-state index in [1.54, 1.807) is 67.6 Å². The fourth-order valence-electron chi connectivity index (χ4n) is 4.77. The molecule has 0 amide bonds. The van der Waals surface area contributed by atoms with Crippen molar-refractivity contribution in [3.8, 4) is 5.75 Å². The molecule has 8 heteroatoms. The lowest BCUT2D eigenvalue weighted by atomic mass is 9.92. The third-order valence-electron chi connectivity index (χ3n) is 6.56. The Morgan fingerprint density at radius 1 is 1.00 bits per heavy atom. The number of hydrogen-bond donors (Lipinski definition) is 1. The molecule has 3 aromatic rings. The van der Waals surface area contributed by atoms with Gasteiger partial charge in [-0.15, -0.1) is 4.83 Å². The number of ether oxygens (including phenoxy) is 2. The Morgan fingerprint density at radius 3 is 2.36 bits per heavy atom. The lowest BCUT2D eigenvalue weighted by Crippen LogP contribution is -2.49. The molecule has 1 aliphatic rings. The molecule has 36 heavy (non-hydrogen) atoms. The summed E-state index contributed by atoms with van der Waals surface area (Å²) in [7, 11) is -2.22. The molecule has 0 heterocycles. The number of sulfonamides is 1. The van der Waals surface area contributed by atoms with E-state index in [2.05, 4.69) is 4.83 Å². The van der Waals surface area contributed by atoms with Gasteiger partial charge in [0.25, 0.3) is 10.0 Å². The van der Waals surface area contributed by atoms with Crippen LogP contribution in [-0.4, -0.2) is 34.1 Å². The van der Waals surface area contributed by atoms with Crippen LogP contribution in [-0.2, 0) is 14.8 Å². The van der Waals surface area contributed by atoms with Crippen LogP contribution in [0.3, 0.4) is 0 Å². The Morgan fingerprint density at radius 2 is 1.69 bits per heavy atom. The Hall–Kier alpha value is -3.36. The Balaban J connectivity index is 1.73. The van der Waals surface area contributed by atoms with Gasteiger partial charge in [-0.1, -0.05) is 42.3 Å². The zero-order valence-corrected chi connectivity index (χ0v) is 21.6. The predicted molar refractivity (Wildman–Crippen MR) is 140 cm³/mol. The molecule has 1 saturated carbocycles. The van der Waals surface area contributed by atoms with Gasteiger partial charge >= 0.3 is 5.97 Å². The molecular formula is C28H32N2O5S. The minimum atomic E-state index is -3.87. The van der Waals surface area contributed by atoms with Crippen molar-refractivity contribution in [1.29, 1.82) is 0 Å². The number of benzene rings is 3. The van der Waals surface area contributed by atoms with Crippen molar-refractivity contribution in [1.82, 2.24) is 4.83 Å². The van der Waals surface area contributed by atoms with Crippen LogP contribution in [0.4, 0.5) is 5.69 Å². The average molecular weight is 509 g/mol. The number of carbonyl (C=O) groups excluding carboxylic acids is 1. The summed E-state index contributed by atoms with van der Waals surface area (Å²) in [5.41, 5.74) is 3.08. The number of nitrogens with zero attached hydrogens (tertiary/aromatic N) is 1. The quantitative estimate of drug-likeness (QED) is 0.315. The molecule has 4 rings (SSSR count). The molecule has 3 aromatic carbocycles. The molecule has 0 radical (unpaired) electrons. The Labute approximate surface area is 213 Å². The van der Waals surface area contributed by atoms with Gasteiger partial charge in [-0.25, -0.2) is 13.2 Å². The number of anilines is 1. The highest BCUT2D eigenvalue weighted by Crippen LogP contribution is 2.42. The van der Waals surface area contributed by atoms with E-state index in [0.717, 1.165) is 36.1 Å². The lowest BCUT2D eigenvalue weighted by Gasteiger charge is -2.35. The molecule has 0 aromatic heterocycles. The molecule has 2 atom stereocenters. The van der Waals surface area contributed by atoms with Crippen molar-refractivity contribution >= 4 is 21.7 Å². The first-order valence-corrected chi connectivity index (χ1v) is 13.6. The van der Waals surface area contributed by atoms with Gasteiger partial charge in [0.1, 0.15) is 5.75 Å². The molecule has 7 nitrogen and oxygen atoms in total. The SMILES string of the molecule is CCOC(=O)c1ccc(N(NS(=O)(=O)c2ccc(C)cc2)[C@@H]2CCC[C@H]2c2ccccc2OC)cc1. The highest BCUT2D eigenvalue weighted by Gasteiger charge is 2.37. The summed E-state index contributed by atoms with van der Waals surface area (Å²) in [6.07, 6.45) is 2.63. The first-order valence-electron chi connectivity index (χ1n) is 12.1. The minimum Gasteiger partial charge on any atom is -0.496 e. The monoisotopic (exact) mass is 508 g/mol. The molecule has 190 valence electrons. The maximum atomic E-state index is 13.5. The summed E-state index contributed by atoms with van der Waals surface area (Å²) in [5, 5.41) is 1.73. The fourth-order valence-corrected chi connectivity index (χ4v) is 5.87. The van der Waals surface area contributed by atoms with Crippen LogP contribution in [0.1, 0.15) is 53.6 Å². The van der Waals surface area contributed by atoms with E-state index in [1.807, 2.05) is 31.2 Å². The maximum absolute atomic E-state index is 13.5. The normalized spacial score (nSPS) is 17.5. The first kappa shape index (κ1) is 25.7. The third kappa shape index (κ3) is 5.55. The standard InChI is InChI=1S/C28H32N2O5S/c1-4-35-28(31)21-14-16-22(17-15-21)30(29-36(32,33)23-18-12-20(2)13-19-23)26-10-7-9-24(26)25-8-5-6-11-27(25)34-3/h5-6,8,11-19,24,26,29H,4,7,9-10H2,1-3H3/t24-,26+/m0/s1. The second-order valence-corrected chi connectivity index (χ2v) is 10.6. The van der Waals surface area contributed by atoms with Crippen LogP contribution in [0, 0.1) is 6.92 Å². The fraction of sp³-hybridized carbons (Fsp3) is 0.321. The smallest absolute Gasteiger partial charge is 0.338 e. The summed E-state index contributed by atoms with van der Waals surface area (Å²) in [4.78, 5) is 15.2. The number of aryl methyl sites for hydroxylation is 1. The van der Waals surface area contributed by atoms with Crippen LogP contribution in [0.25, 0.3) is 0 Å². The van der Waals surface area contributed by atoms with E-state index in [-0.39, 0.29) is 23.5 Å². The second-order valence-electron chi connectivity index (χ2n) is 8.89. The number of rotatable bonds is 9. The highest BCUT2D eigenvalue weighted by molar-refractivity contribution is 7.89. The average Bonchev–Trinajstić information content (AvgIpc) is 3.37. The number of hydrogen-bond acceptors (Lipinski definition) is 6. The van der Waals surface area contributed by atoms with E-state index in [1.165, 1.54) is 0 Å². The van der Waals surface area contributed by atoms with Gasteiger partial charge in [0.05, 0.1) is 35.9 Å². The summed E-state index contributed by atoms with van der Waals surface area (Å²) in [5.74, 6) is 0.420. The van der Waals surface area contributed by atoms with Crippen molar-refractivity contribution in [3.63, 3.8) is 0 Å². The van der Waals surface area contributed by atoms with E-state index < -0.39 is 16.0 Å². The molecule has 0 spiro atoms. The molecule has 1 fully saturated rings. The van der Waals surface area contributed by atoms with Gasteiger partial charge in [0.15, 0.2) is 0 Å².